The fraction of sp³-hybridized carbons (Fsp3) is 0.571. The lowest BCUT2D eigenvalue weighted by atomic mass is 10.4. The van der Waals surface area contributed by atoms with Gasteiger partial charge in [0.15, 0.2) is 14.4 Å². The molecule has 56 valence electrons. The Labute approximate surface area is 63.2 Å². The predicted octanol–water partition coefficient (Wildman–Crippen LogP) is 1.92. The standard InChI is InChI=1S/C7H13NOSi/c1-5-7(6-8)9-10(2,3)4/h5,7H,1H2,2-4H3/t7-/m0/s1. The SMILES string of the molecule is C=C[C@@H](C#N)O[Si](C)(C)C. The van der Waals surface area contributed by atoms with E-state index in [0.29, 0.717) is 0 Å². The summed E-state index contributed by atoms with van der Waals surface area (Å²) in [5.74, 6) is 0. The van der Waals surface area contributed by atoms with E-state index in [1.54, 1.807) is 0 Å². The van der Waals surface area contributed by atoms with Crippen molar-refractivity contribution in [2.24, 2.45) is 0 Å². The molecular formula is C7H13NOSi. The van der Waals surface area contributed by atoms with Crippen molar-refractivity contribution in [3.8, 4) is 6.07 Å². The molecule has 0 aromatic heterocycles. The van der Waals surface area contributed by atoms with Gasteiger partial charge in [-0.3, -0.25) is 0 Å². The molecule has 3 heteroatoms. The maximum absolute atomic E-state index is 8.47. The molecule has 0 aromatic carbocycles. The third-order valence-corrected chi connectivity index (χ3v) is 1.78. The summed E-state index contributed by atoms with van der Waals surface area (Å²) in [6, 6.07) is 2.00. The molecule has 0 aliphatic rings. The zero-order chi connectivity index (χ0) is 8.20. The molecule has 0 rings (SSSR count). The normalized spacial score (nSPS) is 13.8. The third kappa shape index (κ3) is 4.30. The summed E-state index contributed by atoms with van der Waals surface area (Å²) in [5, 5.41) is 8.47. The van der Waals surface area contributed by atoms with Crippen LogP contribution in [-0.2, 0) is 4.43 Å². The van der Waals surface area contributed by atoms with Crippen LogP contribution in [0.25, 0.3) is 0 Å². The molecule has 2 nitrogen and oxygen atoms in total. The Morgan fingerprint density at radius 2 is 2.10 bits per heavy atom. The van der Waals surface area contributed by atoms with E-state index in [0.717, 1.165) is 0 Å². The minimum atomic E-state index is -1.56. The van der Waals surface area contributed by atoms with Crippen molar-refractivity contribution in [1.82, 2.24) is 0 Å². The highest BCUT2D eigenvalue weighted by Gasteiger charge is 2.18. The van der Waals surface area contributed by atoms with Gasteiger partial charge in [0.1, 0.15) is 0 Å². The summed E-state index contributed by atoms with van der Waals surface area (Å²) >= 11 is 0. The Morgan fingerprint density at radius 3 is 2.20 bits per heavy atom. The van der Waals surface area contributed by atoms with E-state index in [4.69, 9.17) is 9.69 Å². The first-order valence-electron chi connectivity index (χ1n) is 3.19. The summed E-state index contributed by atoms with van der Waals surface area (Å²) in [5.41, 5.74) is 0. The molecule has 1 atom stereocenters. The van der Waals surface area contributed by atoms with Gasteiger partial charge in [-0.05, 0) is 25.7 Å². The number of rotatable bonds is 3. The minimum absolute atomic E-state index is 0.424. The highest BCUT2D eigenvalue weighted by Crippen LogP contribution is 2.06. The van der Waals surface area contributed by atoms with Crippen LogP contribution < -0.4 is 0 Å². The summed E-state index contributed by atoms with van der Waals surface area (Å²) in [6.45, 7) is 9.62. The maximum Gasteiger partial charge on any atom is 0.185 e. The topological polar surface area (TPSA) is 33.0 Å². The monoisotopic (exact) mass is 155 g/mol. The lowest BCUT2D eigenvalue weighted by molar-refractivity contribution is 0.296. The second-order valence-electron chi connectivity index (χ2n) is 3.02. The minimum Gasteiger partial charge on any atom is -0.399 e. The van der Waals surface area contributed by atoms with E-state index < -0.39 is 14.4 Å². The first-order valence-corrected chi connectivity index (χ1v) is 6.60. The highest BCUT2D eigenvalue weighted by molar-refractivity contribution is 6.69. The zero-order valence-corrected chi connectivity index (χ0v) is 7.72. The van der Waals surface area contributed by atoms with Gasteiger partial charge in [0.2, 0.25) is 0 Å². The van der Waals surface area contributed by atoms with Gasteiger partial charge in [-0.15, -0.1) is 0 Å². The van der Waals surface area contributed by atoms with Gasteiger partial charge < -0.3 is 4.43 Å². The molecule has 0 unspecified atom stereocenters. The van der Waals surface area contributed by atoms with Crippen molar-refractivity contribution in [3.05, 3.63) is 12.7 Å². The van der Waals surface area contributed by atoms with E-state index in [2.05, 4.69) is 6.58 Å². The maximum atomic E-state index is 8.47. The first-order chi connectivity index (χ1) is 4.49. The number of nitrogens with zero attached hydrogens (tertiary/aromatic N) is 1. The molecule has 0 N–H and O–H groups in total. The molecule has 0 aliphatic heterocycles. The average molecular weight is 155 g/mol. The van der Waals surface area contributed by atoms with E-state index in [1.807, 2.05) is 25.7 Å². The molecule has 0 aliphatic carbocycles. The van der Waals surface area contributed by atoms with Crippen LogP contribution >= 0.6 is 0 Å². The Balaban J connectivity index is 3.90. The van der Waals surface area contributed by atoms with Crippen LogP contribution in [0.4, 0.5) is 0 Å². The number of hydrogen-bond acceptors (Lipinski definition) is 2. The van der Waals surface area contributed by atoms with Crippen LogP contribution in [-0.4, -0.2) is 14.4 Å². The fourth-order valence-electron chi connectivity index (χ4n) is 0.508. The van der Waals surface area contributed by atoms with Crippen LogP contribution in [0.2, 0.25) is 19.6 Å². The lowest BCUT2D eigenvalue weighted by Gasteiger charge is -2.18. The van der Waals surface area contributed by atoms with Crippen LogP contribution in [0.5, 0.6) is 0 Å². The third-order valence-electron chi connectivity index (χ3n) is 0.822. The lowest BCUT2D eigenvalue weighted by Crippen LogP contribution is -2.30. The van der Waals surface area contributed by atoms with E-state index >= 15 is 0 Å². The predicted molar refractivity (Wildman–Crippen MR) is 44.0 cm³/mol. The van der Waals surface area contributed by atoms with Gasteiger partial charge in [0, 0.05) is 0 Å². The Hall–Kier alpha value is -0.593. The zero-order valence-electron chi connectivity index (χ0n) is 6.72. The van der Waals surface area contributed by atoms with Crippen molar-refractivity contribution >= 4 is 8.32 Å². The van der Waals surface area contributed by atoms with Crippen molar-refractivity contribution in [3.63, 3.8) is 0 Å². The number of nitriles is 1. The first kappa shape index (κ1) is 9.41. The molecule has 0 bridgehead atoms. The van der Waals surface area contributed by atoms with Gasteiger partial charge >= 0.3 is 0 Å². The Kier molecular flexibility index (Phi) is 3.33. The van der Waals surface area contributed by atoms with Crippen molar-refractivity contribution in [2.75, 3.05) is 0 Å². The quantitative estimate of drug-likeness (QED) is 0.461. The number of hydrogen-bond donors (Lipinski definition) is 0. The summed E-state index contributed by atoms with van der Waals surface area (Å²) in [6.07, 6.45) is 1.10. The molecule has 0 spiro atoms. The summed E-state index contributed by atoms with van der Waals surface area (Å²) < 4.78 is 5.40. The largest absolute Gasteiger partial charge is 0.399 e. The molecule has 0 aromatic rings. The second kappa shape index (κ2) is 3.54. The molecule has 0 heterocycles. The molecule has 0 radical (unpaired) electrons. The van der Waals surface area contributed by atoms with Gasteiger partial charge in [-0.1, -0.05) is 6.58 Å². The fourth-order valence-corrected chi connectivity index (χ4v) is 1.42. The van der Waals surface area contributed by atoms with Crippen LogP contribution in [0.3, 0.4) is 0 Å². The molecular weight excluding hydrogens is 142 g/mol. The molecule has 0 saturated carbocycles. The smallest absolute Gasteiger partial charge is 0.185 e. The van der Waals surface area contributed by atoms with Crippen LogP contribution in [0.1, 0.15) is 0 Å². The summed E-state index contributed by atoms with van der Waals surface area (Å²) in [7, 11) is -1.56. The molecule has 0 fully saturated rings. The van der Waals surface area contributed by atoms with E-state index in [9.17, 15) is 0 Å². The Morgan fingerprint density at radius 1 is 1.60 bits per heavy atom. The van der Waals surface area contributed by atoms with Gasteiger partial charge in [0.25, 0.3) is 0 Å². The average Bonchev–Trinajstić information content (AvgIpc) is 1.81. The molecule has 0 saturated heterocycles. The van der Waals surface area contributed by atoms with Gasteiger partial charge in [-0.2, -0.15) is 5.26 Å². The summed E-state index contributed by atoms with van der Waals surface area (Å²) in [4.78, 5) is 0. The van der Waals surface area contributed by atoms with Crippen LogP contribution in [0.15, 0.2) is 12.7 Å². The Bertz CT molecular complexity index is 154. The molecule has 10 heavy (non-hydrogen) atoms. The van der Waals surface area contributed by atoms with E-state index in [-0.39, 0.29) is 0 Å². The van der Waals surface area contributed by atoms with Gasteiger partial charge in [0.05, 0.1) is 6.07 Å². The van der Waals surface area contributed by atoms with Crippen LogP contribution in [0, 0.1) is 11.3 Å². The van der Waals surface area contributed by atoms with Crippen molar-refractivity contribution < 1.29 is 4.43 Å². The van der Waals surface area contributed by atoms with Crippen molar-refractivity contribution in [2.45, 2.75) is 25.7 Å². The highest BCUT2D eigenvalue weighted by atomic mass is 28.4. The molecule has 0 amide bonds. The second-order valence-corrected chi connectivity index (χ2v) is 7.48. The van der Waals surface area contributed by atoms with E-state index in [1.165, 1.54) is 6.08 Å². The van der Waals surface area contributed by atoms with Gasteiger partial charge in [-0.25, -0.2) is 0 Å². The van der Waals surface area contributed by atoms with Crippen molar-refractivity contribution in [1.29, 1.82) is 5.26 Å².